The molecule has 2 aliphatic rings. The lowest BCUT2D eigenvalue weighted by Crippen LogP contribution is -2.33. The molecule has 0 aromatic carbocycles. The fourth-order valence-corrected chi connectivity index (χ4v) is 2.98. The third kappa shape index (κ3) is 2.80. The fourth-order valence-electron chi connectivity index (χ4n) is 2.98. The van der Waals surface area contributed by atoms with Gasteiger partial charge < -0.3 is 9.15 Å². The number of rotatable bonds is 4. The number of hydrogen-bond donors (Lipinski definition) is 0. The van der Waals surface area contributed by atoms with E-state index < -0.39 is 0 Å². The molecule has 0 amide bonds. The van der Waals surface area contributed by atoms with Crippen LogP contribution in [0, 0.1) is 5.92 Å². The van der Waals surface area contributed by atoms with Crippen LogP contribution in [0.1, 0.15) is 31.9 Å². The average molecular weight is 275 g/mol. The number of carbonyl (C=O) groups excluding carboxylic acids is 1. The van der Waals surface area contributed by atoms with Gasteiger partial charge in [0, 0.05) is 18.7 Å². The summed E-state index contributed by atoms with van der Waals surface area (Å²) in [5, 5.41) is 0. The van der Waals surface area contributed by atoms with Crippen molar-refractivity contribution in [1.82, 2.24) is 4.90 Å². The van der Waals surface area contributed by atoms with Crippen molar-refractivity contribution in [3.63, 3.8) is 0 Å². The number of furan rings is 1. The number of ether oxygens (including phenoxy) is 1. The zero-order valence-corrected chi connectivity index (χ0v) is 11.9. The Hall–Kier alpha value is -1.55. The third-order valence-corrected chi connectivity index (χ3v) is 4.36. The van der Waals surface area contributed by atoms with Crippen molar-refractivity contribution < 1.29 is 13.9 Å². The van der Waals surface area contributed by atoms with E-state index in [0.717, 1.165) is 44.7 Å². The molecule has 4 heteroatoms. The van der Waals surface area contributed by atoms with E-state index in [9.17, 15) is 4.79 Å². The zero-order valence-electron chi connectivity index (χ0n) is 11.9. The first-order valence-electron chi connectivity index (χ1n) is 7.35. The van der Waals surface area contributed by atoms with E-state index in [-0.39, 0.29) is 11.9 Å². The van der Waals surface area contributed by atoms with Gasteiger partial charge in [-0.1, -0.05) is 5.57 Å². The van der Waals surface area contributed by atoms with Crippen molar-refractivity contribution in [2.24, 2.45) is 5.92 Å². The highest BCUT2D eigenvalue weighted by Gasteiger charge is 2.27. The molecule has 3 rings (SSSR count). The van der Waals surface area contributed by atoms with Gasteiger partial charge in [0.1, 0.15) is 5.76 Å². The molecule has 4 nitrogen and oxygen atoms in total. The first kappa shape index (κ1) is 13.4. The number of carbonyl (C=O) groups is 1. The zero-order chi connectivity index (χ0) is 13.9. The molecule has 2 aliphatic heterocycles. The molecule has 1 atom stereocenters. The Morgan fingerprint density at radius 3 is 3.05 bits per heavy atom. The molecule has 1 unspecified atom stereocenters. The predicted octanol–water partition coefficient (Wildman–Crippen LogP) is 2.71. The molecule has 1 saturated heterocycles. The summed E-state index contributed by atoms with van der Waals surface area (Å²) >= 11 is 0. The van der Waals surface area contributed by atoms with Crippen LogP contribution in [0.2, 0.25) is 0 Å². The van der Waals surface area contributed by atoms with Gasteiger partial charge in [0.25, 0.3) is 0 Å². The van der Waals surface area contributed by atoms with Crippen LogP contribution in [0.25, 0.3) is 5.57 Å². The smallest absolute Gasteiger partial charge is 0.309 e. The Bertz CT molecular complexity index is 504. The van der Waals surface area contributed by atoms with Gasteiger partial charge in [-0.3, -0.25) is 9.69 Å². The van der Waals surface area contributed by atoms with E-state index in [0.29, 0.717) is 6.61 Å². The number of hydrogen-bond acceptors (Lipinski definition) is 4. The van der Waals surface area contributed by atoms with Crippen molar-refractivity contribution in [2.75, 3.05) is 26.2 Å². The Balaban J connectivity index is 1.59. The molecule has 0 saturated carbocycles. The fraction of sp³-hybridized carbons (Fsp3) is 0.562. The third-order valence-electron chi connectivity index (χ3n) is 4.36. The van der Waals surface area contributed by atoms with Crippen LogP contribution in [0.5, 0.6) is 0 Å². The van der Waals surface area contributed by atoms with E-state index in [1.165, 1.54) is 11.1 Å². The van der Waals surface area contributed by atoms with E-state index in [4.69, 9.17) is 9.15 Å². The lowest BCUT2D eigenvalue weighted by molar-refractivity contribution is -0.141. The predicted molar refractivity (Wildman–Crippen MR) is 76.0 cm³/mol. The lowest BCUT2D eigenvalue weighted by atomic mass is 9.98. The average Bonchev–Trinajstić information content (AvgIpc) is 3.09. The minimum absolute atomic E-state index is 0.0139. The summed E-state index contributed by atoms with van der Waals surface area (Å²) in [5.41, 5.74) is 2.71. The topological polar surface area (TPSA) is 42.7 Å². The van der Waals surface area contributed by atoms with Gasteiger partial charge in [-0.15, -0.1) is 0 Å². The van der Waals surface area contributed by atoms with Gasteiger partial charge in [-0.2, -0.15) is 0 Å². The molecule has 1 aromatic rings. The van der Waals surface area contributed by atoms with Crippen molar-refractivity contribution >= 4 is 11.5 Å². The maximum atomic E-state index is 11.5. The Kier molecular flexibility index (Phi) is 3.92. The van der Waals surface area contributed by atoms with Crippen molar-refractivity contribution in [1.29, 1.82) is 0 Å². The maximum Gasteiger partial charge on any atom is 0.309 e. The molecule has 0 N–H and O–H groups in total. The summed E-state index contributed by atoms with van der Waals surface area (Å²) in [6, 6.07) is 3.96. The summed E-state index contributed by atoms with van der Waals surface area (Å²) in [4.78, 5) is 13.9. The van der Waals surface area contributed by atoms with Crippen LogP contribution in [0.3, 0.4) is 0 Å². The summed E-state index contributed by atoms with van der Waals surface area (Å²) in [6.45, 7) is 5.72. The molecule has 20 heavy (non-hydrogen) atoms. The SMILES string of the molecule is CC1=C(c2ccco2)CN(CCC2CCOC2=O)CC1. The summed E-state index contributed by atoms with van der Waals surface area (Å²) in [7, 11) is 0. The molecule has 3 heterocycles. The van der Waals surface area contributed by atoms with Crippen molar-refractivity contribution in [3.8, 4) is 0 Å². The molecule has 1 aromatic heterocycles. The normalized spacial score (nSPS) is 24.2. The number of esters is 1. The van der Waals surface area contributed by atoms with Crippen LogP contribution in [0.4, 0.5) is 0 Å². The first-order valence-corrected chi connectivity index (χ1v) is 7.35. The summed E-state index contributed by atoms with van der Waals surface area (Å²) in [6.07, 6.45) is 4.59. The Morgan fingerprint density at radius 2 is 2.35 bits per heavy atom. The largest absolute Gasteiger partial charge is 0.465 e. The Morgan fingerprint density at radius 1 is 1.45 bits per heavy atom. The molecule has 0 spiro atoms. The molecular weight excluding hydrogens is 254 g/mol. The molecule has 0 radical (unpaired) electrons. The summed E-state index contributed by atoms with van der Waals surface area (Å²) in [5.74, 6) is 1.07. The molecule has 0 aliphatic carbocycles. The first-order chi connectivity index (χ1) is 9.74. The van der Waals surface area contributed by atoms with Gasteiger partial charge >= 0.3 is 5.97 Å². The second-order valence-corrected chi connectivity index (χ2v) is 5.70. The van der Waals surface area contributed by atoms with Crippen molar-refractivity contribution in [3.05, 3.63) is 29.7 Å². The van der Waals surface area contributed by atoms with Gasteiger partial charge in [-0.05, 0) is 44.9 Å². The molecule has 108 valence electrons. The lowest BCUT2D eigenvalue weighted by Gasteiger charge is -2.29. The van der Waals surface area contributed by atoms with E-state index in [1.54, 1.807) is 6.26 Å². The standard InChI is InChI=1S/C16H21NO3/c1-12-4-7-17(8-5-13-6-10-20-16(13)18)11-14(12)15-3-2-9-19-15/h2-3,9,13H,4-8,10-11H2,1H3. The van der Waals surface area contributed by atoms with Gasteiger partial charge in [-0.25, -0.2) is 0 Å². The monoisotopic (exact) mass is 275 g/mol. The van der Waals surface area contributed by atoms with Crippen LogP contribution >= 0.6 is 0 Å². The van der Waals surface area contributed by atoms with Gasteiger partial charge in [0.2, 0.25) is 0 Å². The highest BCUT2D eigenvalue weighted by atomic mass is 16.5. The highest BCUT2D eigenvalue weighted by Crippen LogP contribution is 2.27. The van der Waals surface area contributed by atoms with E-state index >= 15 is 0 Å². The quantitative estimate of drug-likeness (QED) is 0.792. The minimum Gasteiger partial charge on any atom is -0.465 e. The molecular formula is C16H21NO3. The number of cyclic esters (lactones) is 1. The van der Waals surface area contributed by atoms with Crippen LogP contribution in [-0.2, 0) is 9.53 Å². The minimum atomic E-state index is -0.0139. The van der Waals surface area contributed by atoms with E-state index in [1.807, 2.05) is 12.1 Å². The molecule has 0 bridgehead atoms. The van der Waals surface area contributed by atoms with Gasteiger partial charge in [0.05, 0.1) is 18.8 Å². The van der Waals surface area contributed by atoms with Crippen LogP contribution in [-0.4, -0.2) is 37.1 Å². The number of nitrogens with zero attached hydrogens (tertiary/aromatic N) is 1. The van der Waals surface area contributed by atoms with Gasteiger partial charge in [0.15, 0.2) is 0 Å². The summed E-state index contributed by atoms with van der Waals surface area (Å²) < 4.78 is 10.5. The van der Waals surface area contributed by atoms with E-state index in [2.05, 4.69) is 11.8 Å². The second kappa shape index (κ2) is 5.83. The maximum absolute atomic E-state index is 11.5. The van der Waals surface area contributed by atoms with Crippen molar-refractivity contribution in [2.45, 2.75) is 26.2 Å². The highest BCUT2D eigenvalue weighted by molar-refractivity contribution is 5.74. The van der Waals surface area contributed by atoms with Crippen LogP contribution < -0.4 is 0 Å². The Labute approximate surface area is 119 Å². The second-order valence-electron chi connectivity index (χ2n) is 5.70. The molecule has 1 fully saturated rings. The van der Waals surface area contributed by atoms with Crippen LogP contribution in [0.15, 0.2) is 28.4 Å².